The van der Waals surface area contributed by atoms with Gasteiger partial charge < -0.3 is 15.1 Å². The lowest BCUT2D eigenvalue weighted by molar-refractivity contribution is 0.262. The van der Waals surface area contributed by atoms with Gasteiger partial charge >= 0.3 is 6.03 Å². The second-order valence-electron chi connectivity index (χ2n) is 5.15. The highest BCUT2D eigenvalue weighted by Gasteiger charge is 2.07. The lowest BCUT2D eigenvalue weighted by Crippen LogP contribution is -2.19. The fourth-order valence-electron chi connectivity index (χ4n) is 2.04. The van der Waals surface area contributed by atoms with Crippen LogP contribution in [0.25, 0.3) is 11.5 Å². The van der Waals surface area contributed by atoms with Crippen molar-refractivity contribution in [3.05, 3.63) is 60.0 Å². The van der Waals surface area contributed by atoms with Crippen molar-refractivity contribution in [2.24, 2.45) is 0 Å². The van der Waals surface area contributed by atoms with Gasteiger partial charge in [-0.15, -0.1) is 10.2 Å². The van der Waals surface area contributed by atoms with Crippen LogP contribution in [0.3, 0.4) is 0 Å². The summed E-state index contributed by atoms with van der Waals surface area (Å²) in [5.74, 6) is 0.970. The Bertz CT molecular complexity index is 807. The number of rotatable bonds is 3. The van der Waals surface area contributed by atoms with Crippen LogP contribution in [0.1, 0.15) is 11.5 Å². The molecule has 6 nitrogen and oxygen atoms in total. The summed E-state index contributed by atoms with van der Waals surface area (Å²) in [4.78, 5) is 12.0. The summed E-state index contributed by atoms with van der Waals surface area (Å²) in [5, 5.41) is 13.3. The predicted octanol–water partition coefficient (Wildman–Crippen LogP) is 4.00. The maximum Gasteiger partial charge on any atom is 0.323 e. The Morgan fingerprint density at radius 3 is 1.96 bits per heavy atom. The quantitative estimate of drug-likeness (QED) is 0.766. The molecule has 0 saturated carbocycles. The van der Waals surface area contributed by atoms with Crippen molar-refractivity contribution in [1.82, 2.24) is 10.2 Å². The first-order valence-corrected chi connectivity index (χ1v) is 7.15. The van der Waals surface area contributed by atoms with Crippen molar-refractivity contribution < 1.29 is 9.21 Å². The molecule has 0 fully saturated rings. The summed E-state index contributed by atoms with van der Waals surface area (Å²) in [5.41, 5.74) is 3.36. The van der Waals surface area contributed by atoms with E-state index in [0.29, 0.717) is 17.5 Å². The van der Waals surface area contributed by atoms with Crippen LogP contribution in [0.5, 0.6) is 0 Å². The molecule has 2 aromatic carbocycles. The third-order valence-corrected chi connectivity index (χ3v) is 3.23. The Kier molecular flexibility index (Phi) is 4.05. The monoisotopic (exact) mass is 308 g/mol. The molecule has 116 valence electrons. The van der Waals surface area contributed by atoms with Crippen LogP contribution < -0.4 is 10.6 Å². The van der Waals surface area contributed by atoms with Gasteiger partial charge in [0.1, 0.15) is 0 Å². The van der Waals surface area contributed by atoms with Gasteiger partial charge in [-0.2, -0.15) is 0 Å². The number of hydrogen-bond acceptors (Lipinski definition) is 4. The van der Waals surface area contributed by atoms with E-state index in [9.17, 15) is 4.79 Å². The average Bonchev–Trinajstić information content (AvgIpc) is 2.97. The second-order valence-corrected chi connectivity index (χ2v) is 5.15. The maximum atomic E-state index is 12.0. The van der Waals surface area contributed by atoms with Crippen molar-refractivity contribution in [3.8, 4) is 11.5 Å². The molecule has 6 heteroatoms. The molecule has 0 saturated heterocycles. The molecule has 3 aromatic rings. The number of urea groups is 1. The van der Waals surface area contributed by atoms with Gasteiger partial charge in [-0.3, -0.25) is 0 Å². The number of amides is 2. The lowest BCUT2D eigenvalue weighted by Gasteiger charge is -2.08. The first kappa shape index (κ1) is 14.8. The van der Waals surface area contributed by atoms with E-state index in [4.69, 9.17) is 4.42 Å². The highest BCUT2D eigenvalue weighted by molar-refractivity contribution is 5.99. The Morgan fingerprint density at radius 1 is 0.870 bits per heavy atom. The number of nitrogens with zero attached hydrogens (tertiary/aromatic N) is 2. The average molecular weight is 308 g/mol. The SMILES string of the molecule is Cc1ccc(NC(=O)Nc2ccc(-c3nnc(C)o3)cc2)cc1. The van der Waals surface area contributed by atoms with E-state index < -0.39 is 0 Å². The van der Waals surface area contributed by atoms with Gasteiger partial charge in [0.15, 0.2) is 0 Å². The summed E-state index contributed by atoms with van der Waals surface area (Å²) in [6, 6.07) is 14.5. The Hall–Kier alpha value is -3.15. The number of carbonyl (C=O) groups excluding carboxylic acids is 1. The van der Waals surface area contributed by atoms with E-state index in [0.717, 1.165) is 16.8 Å². The van der Waals surface area contributed by atoms with Gasteiger partial charge in [0.2, 0.25) is 11.8 Å². The van der Waals surface area contributed by atoms with Crippen molar-refractivity contribution in [3.63, 3.8) is 0 Å². The van der Waals surface area contributed by atoms with E-state index in [1.54, 1.807) is 19.1 Å². The van der Waals surface area contributed by atoms with E-state index in [-0.39, 0.29) is 6.03 Å². The van der Waals surface area contributed by atoms with Crippen molar-refractivity contribution in [2.45, 2.75) is 13.8 Å². The van der Waals surface area contributed by atoms with Gasteiger partial charge in [0.05, 0.1) is 0 Å². The zero-order valence-corrected chi connectivity index (χ0v) is 12.8. The molecule has 0 aliphatic heterocycles. The third kappa shape index (κ3) is 3.74. The molecule has 0 unspecified atom stereocenters. The third-order valence-electron chi connectivity index (χ3n) is 3.23. The number of hydrogen-bond donors (Lipinski definition) is 2. The highest BCUT2D eigenvalue weighted by atomic mass is 16.4. The molecule has 0 atom stereocenters. The predicted molar refractivity (Wildman–Crippen MR) is 88.3 cm³/mol. The maximum absolute atomic E-state index is 12.0. The van der Waals surface area contributed by atoms with E-state index >= 15 is 0 Å². The Labute approximate surface area is 133 Å². The number of benzene rings is 2. The van der Waals surface area contributed by atoms with Crippen molar-refractivity contribution >= 4 is 17.4 Å². The van der Waals surface area contributed by atoms with Crippen LogP contribution in [0.2, 0.25) is 0 Å². The zero-order valence-electron chi connectivity index (χ0n) is 12.8. The molecule has 1 heterocycles. The number of nitrogens with one attached hydrogen (secondary N) is 2. The molecule has 0 bridgehead atoms. The van der Waals surface area contributed by atoms with Crippen LogP contribution in [0.15, 0.2) is 52.9 Å². The molecule has 0 aliphatic rings. The van der Waals surface area contributed by atoms with Crippen LogP contribution in [-0.4, -0.2) is 16.2 Å². The van der Waals surface area contributed by atoms with Gasteiger partial charge in [0.25, 0.3) is 0 Å². The van der Waals surface area contributed by atoms with Crippen LogP contribution in [0.4, 0.5) is 16.2 Å². The fraction of sp³-hybridized carbons (Fsp3) is 0.118. The first-order chi connectivity index (χ1) is 11.1. The van der Waals surface area contributed by atoms with Gasteiger partial charge in [0, 0.05) is 23.9 Å². The standard InChI is InChI=1S/C17H16N4O2/c1-11-3-7-14(8-4-11)18-17(22)19-15-9-5-13(6-10-15)16-21-20-12(2)23-16/h3-10H,1-2H3,(H2,18,19,22). The molecule has 1 aromatic heterocycles. The molecular formula is C17H16N4O2. The highest BCUT2D eigenvalue weighted by Crippen LogP contribution is 2.20. The summed E-state index contributed by atoms with van der Waals surface area (Å²) in [7, 11) is 0. The normalized spacial score (nSPS) is 10.3. The smallest absolute Gasteiger partial charge is 0.323 e. The molecule has 0 aliphatic carbocycles. The minimum Gasteiger partial charge on any atom is -0.421 e. The molecule has 2 N–H and O–H groups in total. The Balaban J connectivity index is 1.63. The molecule has 0 radical (unpaired) electrons. The Morgan fingerprint density at radius 2 is 1.43 bits per heavy atom. The topological polar surface area (TPSA) is 80.0 Å². The van der Waals surface area contributed by atoms with Crippen molar-refractivity contribution in [2.75, 3.05) is 10.6 Å². The van der Waals surface area contributed by atoms with Gasteiger partial charge in [-0.05, 0) is 43.3 Å². The van der Waals surface area contributed by atoms with Crippen molar-refractivity contribution in [1.29, 1.82) is 0 Å². The van der Waals surface area contributed by atoms with E-state index in [1.807, 2.05) is 43.3 Å². The molecule has 0 spiro atoms. The number of anilines is 2. The van der Waals surface area contributed by atoms with Gasteiger partial charge in [-0.1, -0.05) is 17.7 Å². The van der Waals surface area contributed by atoms with Crippen LogP contribution >= 0.6 is 0 Å². The van der Waals surface area contributed by atoms with E-state index in [2.05, 4.69) is 20.8 Å². The second kappa shape index (κ2) is 6.31. The first-order valence-electron chi connectivity index (χ1n) is 7.15. The fourth-order valence-corrected chi connectivity index (χ4v) is 2.04. The summed E-state index contributed by atoms with van der Waals surface area (Å²) < 4.78 is 5.36. The molecule has 2 amide bonds. The minimum atomic E-state index is -0.296. The van der Waals surface area contributed by atoms with Gasteiger partial charge in [-0.25, -0.2) is 4.79 Å². The summed E-state index contributed by atoms with van der Waals surface area (Å²) in [6.45, 7) is 3.73. The van der Waals surface area contributed by atoms with Crippen LogP contribution in [-0.2, 0) is 0 Å². The zero-order chi connectivity index (χ0) is 16.2. The number of carbonyl (C=O) groups is 1. The van der Waals surface area contributed by atoms with E-state index in [1.165, 1.54) is 0 Å². The summed E-state index contributed by atoms with van der Waals surface area (Å²) in [6.07, 6.45) is 0. The minimum absolute atomic E-state index is 0.296. The molecular weight excluding hydrogens is 292 g/mol. The lowest BCUT2D eigenvalue weighted by atomic mass is 10.2. The number of aromatic nitrogens is 2. The molecule has 3 rings (SSSR count). The molecule has 23 heavy (non-hydrogen) atoms. The largest absolute Gasteiger partial charge is 0.421 e. The number of aryl methyl sites for hydroxylation is 2. The van der Waals surface area contributed by atoms with Crippen LogP contribution in [0, 0.1) is 13.8 Å². The summed E-state index contributed by atoms with van der Waals surface area (Å²) >= 11 is 0.